The molecule has 9 heteroatoms. The van der Waals surface area contributed by atoms with Gasteiger partial charge in [-0.25, -0.2) is 4.79 Å². The summed E-state index contributed by atoms with van der Waals surface area (Å²) in [6, 6.07) is 4.81. The van der Waals surface area contributed by atoms with Crippen LogP contribution < -0.4 is 0 Å². The molecule has 1 N–H and O–H groups in total. The van der Waals surface area contributed by atoms with Gasteiger partial charge >= 0.3 is 5.97 Å². The molecular formula is C16H16N2O5S2. The first-order valence-electron chi connectivity index (χ1n) is 7.50. The van der Waals surface area contributed by atoms with E-state index >= 15 is 0 Å². The van der Waals surface area contributed by atoms with Crippen molar-refractivity contribution >= 4 is 51.9 Å². The number of carbonyl (C=O) groups excluding carboxylic acids is 1. The molecule has 1 aliphatic heterocycles. The third kappa shape index (κ3) is 4.05. The van der Waals surface area contributed by atoms with E-state index in [1.807, 2.05) is 6.92 Å². The van der Waals surface area contributed by atoms with E-state index in [2.05, 4.69) is 0 Å². The third-order valence-corrected chi connectivity index (χ3v) is 5.25. The molecule has 25 heavy (non-hydrogen) atoms. The summed E-state index contributed by atoms with van der Waals surface area (Å²) in [6.07, 6.45) is 2.07. The predicted octanol–water partition coefficient (Wildman–Crippen LogP) is 3.30. The highest BCUT2D eigenvalue weighted by Gasteiger charge is 2.42. The minimum Gasteiger partial charge on any atom is -0.480 e. The van der Waals surface area contributed by atoms with Crippen molar-refractivity contribution in [3.05, 3.63) is 44.8 Å². The number of carboxylic acids is 1. The first-order chi connectivity index (χ1) is 11.8. The maximum absolute atomic E-state index is 12.7. The topological polar surface area (TPSA) is 101 Å². The molecule has 0 bridgehead atoms. The van der Waals surface area contributed by atoms with Crippen molar-refractivity contribution in [3.63, 3.8) is 0 Å². The van der Waals surface area contributed by atoms with E-state index in [1.165, 1.54) is 24.3 Å². The number of thioether (sulfide) groups is 1. The number of benzene rings is 1. The monoisotopic (exact) mass is 380 g/mol. The molecule has 1 fully saturated rings. The Bertz CT molecular complexity index is 778. The molecule has 0 saturated carbocycles. The van der Waals surface area contributed by atoms with Crippen LogP contribution in [0.25, 0.3) is 6.08 Å². The van der Waals surface area contributed by atoms with E-state index in [9.17, 15) is 24.8 Å². The Morgan fingerprint density at radius 3 is 2.76 bits per heavy atom. The summed E-state index contributed by atoms with van der Waals surface area (Å²) < 4.78 is 0.175. The first-order valence-corrected chi connectivity index (χ1v) is 8.73. The van der Waals surface area contributed by atoms with Crippen LogP contribution in [-0.2, 0) is 9.59 Å². The number of aliphatic carboxylic acids is 1. The molecular weight excluding hydrogens is 364 g/mol. The molecule has 1 aliphatic rings. The van der Waals surface area contributed by atoms with E-state index in [1.54, 1.807) is 13.0 Å². The van der Waals surface area contributed by atoms with Crippen LogP contribution in [0.3, 0.4) is 0 Å². The summed E-state index contributed by atoms with van der Waals surface area (Å²) in [5, 5.41) is 20.3. The van der Waals surface area contributed by atoms with E-state index in [-0.39, 0.29) is 20.8 Å². The lowest BCUT2D eigenvalue weighted by Gasteiger charge is -2.27. The normalized spacial score (nSPS) is 18.5. The Kier molecular flexibility index (Phi) is 5.91. The number of hydrogen-bond acceptors (Lipinski definition) is 6. The maximum atomic E-state index is 12.7. The van der Waals surface area contributed by atoms with Crippen molar-refractivity contribution in [2.45, 2.75) is 26.3 Å². The van der Waals surface area contributed by atoms with E-state index < -0.39 is 22.8 Å². The zero-order chi connectivity index (χ0) is 18.7. The second-order valence-electron chi connectivity index (χ2n) is 5.57. The lowest BCUT2D eigenvalue weighted by molar-refractivity contribution is -0.384. The highest BCUT2D eigenvalue weighted by molar-refractivity contribution is 8.26. The summed E-state index contributed by atoms with van der Waals surface area (Å²) in [4.78, 5) is 36.0. The number of nitro groups is 1. The van der Waals surface area contributed by atoms with Crippen LogP contribution in [0, 0.1) is 16.0 Å². The van der Waals surface area contributed by atoms with Gasteiger partial charge in [0.25, 0.3) is 11.6 Å². The van der Waals surface area contributed by atoms with Gasteiger partial charge in [0.05, 0.1) is 9.83 Å². The molecule has 2 rings (SSSR count). The molecule has 1 aromatic carbocycles. The molecule has 0 aromatic heterocycles. The molecule has 1 saturated heterocycles. The van der Waals surface area contributed by atoms with Gasteiger partial charge in [-0.05, 0) is 17.6 Å². The molecule has 1 aromatic rings. The highest BCUT2D eigenvalue weighted by Crippen LogP contribution is 2.36. The molecule has 2 unspecified atom stereocenters. The van der Waals surface area contributed by atoms with Gasteiger partial charge in [-0.3, -0.25) is 19.8 Å². The Hall–Kier alpha value is -2.26. The van der Waals surface area contributed by atoms with Gasteiger partial charge in [-0.15, -0.1) is 0 Å². The average molecular weight is 380 g/mol. The van der Waals surface area contributed by atoms with Crippen LogP contribution in [0.2, 0.25) is 0 Å². The smallest absolute Gasteiger partial charge is 0.327 e. The van der Waals surface area contributed by atoms with Gasteiger partial charge in [-0.2, -0.15) is 0 Å². The van der Waals surface area contributed by atoms with Crippen LogP contribution in [0.4, 0.5) is 5.69 Å². The fourth-order valence-electron chi connectivity index (χ4n) is 2.43. The standard InChI is InChI=1S/C16H16N2O5S2/c1-3-9(2)13(15(20)21)17-14(19)12(25-16(17)24)8-10-5-4-6-11(7-10)18(22)23/h4-9,13H,3H2,1-2H3,(H,20,21)/b12-8-. The third-order valence-electron chi connectivity index (χ3n) is 3.92. The quantitative estimate of drug-likeness (QED) is 0.350. The number of amides is 1. The molecule has 7 nitrogen and oxygen atoms in total. The Balaban J connectivity index is 2.36. The van der Waals surface area contributed by atoms with Gasteiger partial charge in [0.2, 0.25) is 0 Å². The summed E-state index contributed by atoms with van der Waals surface area (Å²) in [5.74, 6) is -1.87. The fraction of sp³-hybridized carbons (Fsp3) is 0.312. The summed E-state index contributed by atoms with van der Waals surface area (Å²) in [5.41, 5.74) is 0.386. The second-order valence-corrected chi connectivity index (χ2v) is 7.25. The van der Waals surface area contributed by atoms with Crippen LogP contribution >= 0.6 is 24.0 Å². The minimum absolute atomic E-state index is 0.0905. The Morgan fingerprint density at radius 1 is 1.52 bits per heavy atom. The molecule has 132 valence electrons. The summed E-state index contributed by atoms with van der Waals surface area (Å²) >= 11 is 6.20. The number of nitro benzene ring substituents is 1. The van der Waals surface area contributed by atoms with Crippen molar-refractivity contribution in [2.75, 3.05) is 0 Å². The summed E-state index contributed by atoms with van der Waals surface area (Å²) in [7, 11) is 0. The molecule has 0 radical (unpaired) electrons. The van der Waals surface area contributed by atoms with Crippen molar-refractivity contribution < 1.29 is 19.6 Å². The zero-order valence-corrected chi connectivity index (χ0v) is 15.2. The van der Waals surface area contributed by atoms with Crippen LogP contribution in [0.1, 0.15) is 25.8 Å². The van der Waals surface area contributed by atoms with Gasteiger partial charge in [0, 0.05) is 12.1 Å². The minimum atomic E-state index is -1.11. The number of thiocarbonyl (C=S) groups is 1. The van der Waals surface area contributed by atoms with Gasteiger partial charge in [0.15, 0.2) is 0 Å². The number of nitrogens with zero attached hydrogens (tertiary/aromatic N) is 2. The summed E-state index contributed by atoms with van der Waals surface area (Å²) in [6.45, 7) is 3.60. The van der Waals surface area contributed by atoms with Gasteiger partial charge in [-0.1, -0.05) is 56.4 Å². The number of carboxylic acid groups (broad SMARTS) is 1. The van der Waals surface area contributed by atoms with Crippen LogP contribution in [0.5, 0.6) is 0 Å². The second kappa shape index (κ2) is 7.75. The van der Waals surface area contributed by atoms with Crippen LogP contribution in [0.15, 0.2) is 29.2 Å². The van der Waals surface area contributed by atoms with Gasteiger partial charge in [0.1, 0.15) is 10.4 Å². The molecule has 2 atom stereocenters. The number of rotatable bonds is 6. The lowest BCUT2D eigenvalue weighted by atomic mass is 9.98. The van der Waals surface area contributed by atoms with Crippen molar-refractivity contribution in [3.8, 4) is 0 Å². The van der Waals surface area contributed by atoms with E-state index in [4.69, 9.17) is 12.2 Å². The number of non-ortho nitro benzene ring substituents is 1. The average Bonchev–Trinajstić information content (AvgIpc) is 2.82. The number of hydrogen-bond donors (Lipinski definition) is 1. The van der Waals surface area contributed by atoms with E-state index in [0.29, 0.717) is 12.0 Å². The molecule has 1 heterocycles. The fourth-order valence-corrected chi connectivity index (χ4v) is 3.76. The Morgan fingerprint density at radius 2 is 2.20 bits per heavy atom. The lowest BCUT2D eigenvalue weighted by Crippen LogP contribution is -2.47. The zero-order valence-electron chi connectivity index (χ0n) is 13.5. The van der Waals surface area contributed by atoms with Crippen molar-refractivity contribution in [1.82, 2.24) is 4.90 Å². The van der Waals surface area contributed by atoms with Crippen molar-refractivity contribution in [2.24, 2.45) is 5.92 Å². The SMILES string of the molecule is CCC(C)C(C(=O)O)N1C(=O)/C(=C/c2cccc([N+](=O)[O-])c2)SC1=S. The van der Waals surface area contributed by atoms with Crippen LogP contribution in [-0.4, -0.2) is 37.2 Å². The van der Waals surface area contributed by atoms with Gasteiger partial charge < -0.3 is 5.11 Å². The molecule has 1 amide bonds. The Labute approximate surface area is 153 Å². The number of carbonyl (C=O) groups is 2. The van der Waals surface area contributed by atoms with Crippen molar-refractivity contribution in [1.29, 1.82) is 0 Å². The molecule has 0 spiro atoms. The predicted molar refractivity (Wildman–Crippen MR) is 99.0 cm³/mol. The van der Waals surface area contributed by atoms with E-state index in [0.717, 1.165) is 16.7 Å². The highest BCUT2D eigenvalue weighted by atomic mass is 32.2. The maximum Gasteiger partial charge on any atom is 0.327 e. The molecule has 0 aliphatic carbocycles. The first kappa shape index (κ1) is 19.1. The largest absolute Gasteiger partial charge is 0.480 e.